The van der Waals surface area contributed by atoms with E-state index in [1.807, 2.05) is 0 Å². The quantitative estimate of drug-likeness (QED) is 0.556. The number of allylic oxidation sites excluding steroid dienone is 4. The summed E-state index contributed by atoms with van der Waals surface area (Å²) < 4.78 is 26.5. The third-order valence-electron chi connectivity index (χ3n) is 2.34. The summed E-state index contributed by atoms with van der Waals surface area (Å²) >= 11 is 0. The molecular weight excluding hydrogens is 220 g/mol. The van der Waals surface area contributed by atoms with Crippen molar-refractivity contribution in [1.29, 1.82) is 0 Å². The number of halogens is 2. The number of hydrogen-bond acceptors (Lipinski definition) is 1. The summed E-state index contributed by atoms with van der Waals surface area (Å²) in [6.07, 6.45) is 6.92. The SMILES string of the molecule is C/N=C/C=C\C=C(/C)c1c(C)cc(F)cc1F. The van der Waals surface area contributed by atoms with E-state index in [-0.39, 0.29) is 0 Å². The zero-order valence-electron chi connectivity index (χ0n) is 10.2. The summed E-state index contributed by atoms with van der Waals surface area (Å²) in [6, 6.07) is 2.23. The van der Waals surface area contributed by atoms with Crippen molar-refractivity contribution in [3.05, 3.63) is 53.1 Å². The third-order valence-corrected chi connectivity index (χ3v) is 2.34. The van der Waals surface area contributed by atoms with Gasteiger partial charge in [0.15, 0.2) is 0 Å². The fraction of sp³-hybridized carbons (Fsp3) is 0.214. The van der Waals surface area contributed by atoms with Gasteiger partial charge in [-0.25, -0.2) is 8.78 Å². The van der Waals surface area contributed by atoms with Gasteiger partial charge in [-0.05, 0) is 37.1 Å². The fourth-order valence-corrected chi connectivity index (χ4v) is 1.62. The third kappa shape index (κ3) is 3.63. The molecule has 0 aliphatic heterocycles. The van der Waals surface area contributed by atoms with Crippen molar-refractivity contribution in [2.45, 2.75) is 13.8 Å². The zero-order valence-corrected chi connectivity index (χ0v) is 10.2. The van der Waals surface area contributed by atoms with Crippen molar-refractivity contribution >= 4 is 11.8 Å². The molecule has 0 atom stereocenters. The summed E-state index contributed by atoms with van der Waals surface area (Å²) in [6.45, 7) is 3.48. The van der Waals surface area contributed by atoms with Crippen LogP contribution in [0.3, 0.4) is 0 Å². The van der Waals surface area contributed by atoms with Gasteiger partial charge in [0.2, 0.25) is 0 Å². The van der Waals surface area contributed by atoms with Gasteiger partial charge < -0.3 is 0 Å². The van der Waals surface area contributed by atoms with Gasteiger partial charge >= 0.3 is 0 Å². The first kappa shape index (κ1) is 13.3. The van der Waals surface area contributed by atoms with Gasteiger partial charge in [0.25, 0.3) is 0 Å². The van der Waals surface area contributed by atoms with Crippen molar-refractivity contribution in [2.75, 3.05) is 7.05 Å². The first-order valence-electron chi connectivity index (χ1n) is 5.28. The van der Waals surface area contributed by atoms with Crippen LogP contribution < -0.4 is 0 Å². The Kier molecular flexibility index (Phi) is 4.76. The molecule has 3 heteroatoms. The highest BCUT2D eigenvalue weighted by molar-refractivity contribution is 5.73. The first-order valence-corrected chi connectivity index (χ1v) is 5.28. The molecule has 0 aromatic heterocycles. The molecule has 1 nitrogen and oxygen atoms in total. The molecule has 0 fully saturated rings. The Hall–Kier alpha value is -1.77. The molecule has 0 bridgehead atoms. The highest BCUT2D eigenvalue weighted by atomic mass is 19.1. The van der Waals surface area contributed by atoms with Crippen LogP contribution >= 0.6 is 0 Å². The summed E-state index contributed by atoms with van der Waals surface area (Å²) in [5.41, 5.74) is 1.79. The molecule has 90 valence electrons. The number of benzene rings is 1. The Balaban J connectivity index is 3.08. The van der Waals surface area contributed by atoms with Crippen LogP contribution in [0.5, 0.6) is 0 Å². The molecule has 1 rings (SSSR count). The van der Waals surface area contributed by atoms with Gasteiger partial charge in [0, 0.05) is 24.9 Å². The van der Waals surface area contributed by atoms with Crippen LogP contribution in [0.25, 0.3) is 5.57 Å². The van der Waals surface area contributed by atoms with Crippen LogP contribution in [0.4, 0.5) is 8.78 Å². The van der Waals surface area contributed by atoms with E-state index >= 15 is 0 Å². The second-order valence-corrected chi connectivity index (χ2v) is 3.72. The van der Waals surface area contributed by atoms with E-state index in [0.717, 1.165) is 11.6 Å². The number of rotatable bonds is 3. The van der Waals surface area contributed by atoms with E-state index in [1.165, 1.54) is 6.07 Å². The van der Waals surface area contributed by atoms with E-state index in [9.17, 15) is 8.78 Å². The molecular formula is C14H15F2N. The normalized spacial score (nSPS) is 12.9. The average Bonchev–Trinajstić information content (AvgIpc) is 2.23. The Morgan fingerprint density at radius 2 is 1.94 bits per heavy atom. The van der Waals surface area contributed by atoms with Crippen LogP contribution in [-0.2, 0) is 0 Å². The molecule has 0 heterocycles. The van der Waals surface area contributed by atoms with Gasteiger partial charge in [-0.3, -0.25) is 4.99 Å². The van der Waals surface area contributed by atoms with Gasteiger partial charge in [0.05, 0.1) is 0 Å². The lowest BCUT2D eigenvalue weighted by Gasteiger charge is -2.07. The lowest BCUT2D eigenvalue weighted by molar-refractivity contribution is 0.579. The second-order valence-electron chi connectivity index (χ2n) is 3.72. The van der Waals surface area contributed by atoms with Gasteiger partial charge in [-0.1, -0.05) is 12.2 Å². The Morgan fingerprint density at radius 3 is 2.53 bits per heavy atom. The molecule has 0 aliphatic rings. The van der Waals surface area contributed by atoms with Crippen LogP contribution in [0.1, 0.15) is 18.1 Å². The first-order chi connectivity index (χ1) is 8.06. The van der Waals surface area contributed by atoms with E-state index in [1.54, 1.807) is 45.3 Å². The molecule has 0 saturated heterocycles. The summed E-state index contributed by atoms with van der Waals surface area (Å²) in [5, 5.41) is 0. The number of nitrogens with zero attached hydrogens (tertiary/aromatic N) is 1. The molecule has 0 amide bonds. The van der Waals surface area contributed by atoms with E-state index in [2.05, 4.69) is 4.99 Å². The molecule has 0 N–H and O–H groups in total. The summed E-state index contributed by atoms with van der Waals surface area (Å²) in [7, 11) is 1.67. The van der Waals surface area contributed by atoms with Gasteiger partial charge in [-0.2, -0.15) is 0 Å². The van der Waals surface area contributed by atoms with Crippen LogP contribution in [0.15, 0.2) is 35.4 Å². The van der Waals surface area contributed by atoms with Crippen LogP contribution in [0, 0.1) is 18.6 Å². The highest BCUT2D eigenvalue weighted by Gasteiger charge is 2.09. The van der Waals surface area contributed by atoms with Crippen molar-refractivity contribution in [3.63, 3.8) is 0 Å². The molecule has 0 saturated carbocycles. The molecule has 17 heavy (non-hydrogen) atoms. The zero-order chi connectivity index (χ0) is 12.8. The lowest BCUT2D eigenvalue weighted by Crippen LogP contribution is -1.93. The number of hydrogen-bond donors (Lipinski definition) is 0. The Morgan fingerprint density at radius 1 is 1.24 bits per heavy atom. The summed E-state index contributed by atoms with van der Waals surface area (Å²) in [4.78, 5) is 3.79. The Labute approximate surface area is 100 Å². The van der Waals surface area contributed by atoms with Crippen molar-refractivity contribution in [1.82, 2.24) is 0 Å². The maximum atomic E-state index is 13.6. The number of aryl methyl sites for hydroxylation is 1. The van der Waals surface area contributed by atoms with Crippen LogP contribution in [0.2, 0.25) is 0 Å². The van der Waals surface area contributed by atoms with E-state index in [0.29, 0.717) is 11.1 Å². The molecule has 0 radical (unpaired) electrons. The maximum absolute atomic E-state index is 13.6. The largest absolute Gasteiger partial charge is 0.297 e. The molecule has 0 aliphatic carbocycles. The molecule has 1 aromatic rings. The molecule has 1 aromatic carbocycles. The Bertz CT molecular complexity index is 462. The monoisotopic (exact) mass is 235 g/mol. The topological polar surface area (TPSA) is 12.4 Å². The minimum atomic E-state index is -0.551. The molecule has 0 unspecified atom stereocenters. The minimum Gasteiger partial charge on any atom is -0.297 e. The fourth-order valence-electron chi connectivity index (χ4n) is 1.62. The van der Waals surface area contributed by atoms with E-state index in [4.69, 9.17) is 0 Å². The smallest absolute Gasteiger partial charge is 0.133 e. The van der Waals surface area contributed by atoms with Gasteiger partial charge in [-0.15, -0.1) is 0 Å². The highest BCUT2D eigenvalue weighted by Crippen LogP contribution is 2.23. The van der Waals surface area contributed by atoms with E-state index < -0.39 is 11.6 Å². The predicted molar refractivity (Wildman–Crippen MR) is 68.3 cm³/mol. The average molecular weight is 235 g/mol. The van der Waals surface area contributed by atoms with Crippen molar-refractivity contribution in [2.24, 2.45) is 4.99 Å². The predicted octanol–water partition coefficient (Wildman–Crippen LogP) is 3.93. The minimum absolute atomic E-state index is 0.449. The van der Waals surface area contributed by atoms with Crippen molar-refractivity contribution < 1.29 is 8.78 Å². The summed E-state index contributed by atoms with van der Waals surface area (Å²) in [5.74, 6) is -1.08. The second kappa shape index (κ2) is 6.09. The molecule has 0 spiro atoms. The van der Waals surface area contributed by atoms with Crippen LogP contribution in [-0.4, -0.2) is 13.3 Å². The van der Waals surface area contributed by atoms with Crippen molar-refractivity contribution in [3.8, 4) is 0 Å². The lowest BCUT2D eigenvalue weighted by atomic mass is 10.0. The number of aliphatic imine (C=N–C) groups is 1. The standard InChI is InChI=1S/C14H15F2N/c1-10(6-4-5-7-17-3)14-11(2)8-12(15)9-13(14)16/h4-9H,1-3H3/b5-4-,10-6+,17-7+. The van der Waals surface area contributed by atoms with Gasteiger partial charge in [0.1, 0.15) is 11.6 Å². The maximum Gasteiger partial charge on any atom is 0.133 e.